The van der Waals surface area contributed by atoms with Crippen molar-refractivity contribution < 1.29 is 5.11 Å². The first kappa shape index (κ1) is 11.4. The Balaban J connectivity index is 1.60. The molecule has 0 aromatic carbocycles. The molecule has 3 unspecified atom stereocenters. The first-order valence-corrected chi connectivity index (χ1v) is 6.89. The summed E-state index contributed by atoms with van der Waals surface area (Å²) in [6.45, 7) is 3.07. The Hall–Kier alpha value is -0.690. The molecule has 2 fully saturated rings. The van der Waals surface area contributed by atoms with Gasteiger partial charge in [0.1, 0.15) is 0 Å². The Labute approximate surface area is 105 Å². The van der Waals surface area contributed by atoms with E-state index in [1.807, 2.05) is 6.20 Å². The highest BCUT2D eigenvalue weighted by atomic mass is 32.1. The fourth-order valence-corrected chi connectivity index (χ4v) is 3.89. The molecule has 2 aliphatic rings. The zero-order valence-corrected chi connectivity index (χ0v) is 10.5. The molecule has 0 radical (unpaired) electrons. The quantitative estimate of drug-likeness (QED) is 0.545. The number of hydrogen-bond acceptors (Lipinski definition) is 6. The summed E-state index contributed by atoms with van der Waals surface area (Å²) < 4.78 is 0. The molecule has 4 N–H and O–H groups in total. The summed E-state index contributed by atoms with van der Waals surface area (Å²) in [5.41, 5.74) is 2.57. The lowest BCUT2D eigenvalue weighted by Crippen LogP contribution is -2.24. The number of nitrogen functional groups attached to an aromatic ring is 1. The molecule has 6 heteroatoms. The summed E-state index contributed by atoms with van der Waals surface area (Å²) in [6, 6.07) is 0. The van der Waals surface area contributed by atoms with Crippen molar-refractivity contribution in [1.29, 1.82) is 0 Å². The summed E-state index contributed by atoms with van der Waals surface area (Å²) in [4.78, 5) is 7.82. The molecule has 3 rings (SSSR count). The van der Waals surface area contributed by atoms with Crippen molar-refractivity contribution in [3.63, 3.8) is 0 Å². The van der Waals surface area contributed by atoms with Crippen LogP contribution in [0.1, 0.15) is 17.7 Å². The van der Waals surface area contributed by atoms with Crippen LogP contribution in [0, 0.1) is 11.8 Å². The van der Waals surface area contributed by atoms with Crippen LogP contribution in [0.5, 0.6) is 0 Å². The van der Waals surface area contributed by atoms with Crippen molar-refractivity contribution in [2.75, 3.05) is 18.5 Å². The number of nitrogens with zero attached hydrogens (tertiary/aromatic N) is 2. The third kappa shape index (κ3) is 2.18. The van der Waals surface area contributed by atoms with Gasteiger partial charge in [-0.1, -0.05) is 11.3 Å². The van der Waals surface area contributed by atoms with E-state index in [9.17, 15) is 5.11 Å². The van der Waals surface area contributed by atoms with E-state index in [0.29, 0.717) is 11.8 Å². The number of anilines is 1. The second-order valence-electron chi connectivity index (χ2n) is 5.04. The summed E-state index contributed by atoms with van der Waals surface area (Å²) in [5, 5.41) is 10.6. The van der Waals surface area contributed by atoms with Crippen LogP contribution >= 0.6 is 11.3 Å². The van der Waals surface area contributed by atoms with Gasteiger partial charge in [0.25, 0.3) is 0 Å². The van der Waals surface area contributed by atoms with Gasteiger partial charge in [-0.15, -0.1) is 0 Å². The molecule has 94 valence electrons. The average molecular weight is 254 g/mol. The minimum Gasteiger partial charge on any atom is -0.393 e. The van der Waals surface area contributed by atoms with Crippen molar-refractivity contribution in [3.05, 3.63) is 11.1 Å². The van der Waals surface area contributed by atoms with Gasteiger partial charge in [0.2, 0.25) is 0 Å². The monoisotopic (exact) mass is 254 g/mol. The predicted octanol–water partition coefficient (Wildman–Crippen LogP) is 0.631. The first-order chi connectivity index (χ1) is 8.26. The molecule has 2 heterocycles. The van der Waals surface area contributed by atoms with Crippen molar-refractivity contribution >= 4 is 16.5 Å². The van der Waals surface area contributed by atoms with Gasteiger partial charge < -0.3 is 5.11 Å². The molecule has 17 heavy (non-hydrogen) atoms. The van der Waals surface area contributed by atoms with Gasteiger partial charge in [-0.3, -0.25) is 10.3 Å². The molecule has 0 amide bonds. The standard InChI is InChI=1S/C11H18N4OS/c12-14-11-13-3-8(17-11)5-15-4-7-1-2-10(16)9(7)6-15/h3,7,9-10,16H,1-2,4-6,12H2,(H,13,14). The van der Waals surface area contributed by atoms with Crippen molar-refractivity contribution in [2.45, 2.75) is 25.5 Å². The second-order valence-corrected chi connectivity index (χ2v) is 6.15. The maximum Gasteiger partial charge on any atom is 0.197 e. The van der Waals surface area contributed by atoms with Gasteiger partial charge in [0.15, 0.2) is 5.13 Å². The fourth-order valence-electron chi connectivity index (χ4n) is 3.13. The zero-order valence-electron chi connectivity index (χ0n) is 9.67. The van der Waals surface area contributed by atoms with Crippen LogP contribution in [0.15, 0.2) is 6.20 Å². The summed E-state index contributed by atoms with van der Waals surface area (Å²) in [7, 11) is 0. The summed E-state index contributed by atoms with van der Waals surface area (Å²) in [6.07, 6.45) is 3.98. The first-order valence-electron chi connectivity index (χ1n) is 6.08. The average Bonchev–Trinajstić information content (AvgIpc) is 2.98. The van der Waals surface area contributed by atoms with E-state index < -0.39 is 0 Å². The van der Waals surface area contributed by atoms with E-state index in [1.54, 1.807) is 11.3 Å². The molecule has 1 aromatic rings. The molecule has 1 saturated heterocycles. The van der Waals surface area contributed by atoms with E-state index >= 15 is 0 Å². The Morgan fingerprint density at radius 3 is 3.12 bits per heavy atom. The number of nitrogens with one attached hydrogen (secondary N) is 1. The maximum atomic E-state index is 9.86. The van der Waals surface area contributed by atoms with E-state index in [1.165, 1.54) is 11.3 Å². The minimum absolute atomic E-state index is 0.0762. The van der Waals surface area contributed by atoms with Crippen LogP contribution in [-0.4, -0.2) is 34.2 Å². The molecular weight excluding hydrogens is 236 g/mol. The van der Waals surface area contributed by atoms with Crippen LogP contribution in [-0.2, 0) is 6.54 Å². The summed E-state index contributed by atoms with van der Waals surface area (Å²) in [5.74, 6) is 6.51. The van der Waals surface area contributed by atoms with E-state index in [-0.39, 0.29) is 6.10 Å². The van der Waals surface area contributed by atoms with Crippen LogP contribution in [0.25, 0.3) is 0 Å². The molecular formula is C11H18N4OS. The molecule has 3 atom stereocenters. The Bertz CT molecular complexity index is 397. The number of likely N-dealkylation sites (tertiary alicyclic amines) is 1. The number of nitrogens with two attached hydrogens (primary N) is 1. The fraction of sp³-hybridized carbons (Fsp3) is 0.727. The molecule has 1 aromatic heterocycles. The third-order valence-electron chi connectivity index (χ3n) is 3.95. The minimum atomic E-state index is -0.0762. The Morgan fingerprint density at radius 1 is 1.53 bits per heavy atom. The smallest absolute Gasteiger partial charge is 0.197 e. The van der Waals surface area contributed by atoms with Crippen molar-refractivity contribution in [1.82, 2.24) is 9.88 Å². The van der Waals surface area contributed by atoms with Crippen LogP contribution in [0.4, 0.5) is 5.13 Å². The zero-order chi connectivity index (χ0) is 11.8. The van der Waals surface area contributed by atoms with Gasteiger partial charge in [0.05, 0.1) is 6.10 Å². The summed E-state index contributed by atoms with van der Waals surface area (Å²) >= 11 is 1.60. The second kappa shape index (κ2) is 4.53. The number of fused-ring (bicyclic) bond motifs is 1. The van der Waals surface area contributed by atoms with Gasteiger partial charge in [-0.2, -0.15) is 0 Å². The SMILES string of the molecule is NNc1ncc(CN2CC3CCC(O)C3C2)s1. The van der Waals surface area contributed by atoms with Gasteiger partial charge >= 0.3 is 0 Å². The lowest BCUT2D eigenvalue weighted by atomic mass is 10.00. The van der Waals surface area contributed by atoms with Crippen LogP contribution < -0.4 is 11.3 Å². The van der Waals surface area contributed by atoms with E-state index in [0.717, 1.165) is 31.2 Å². The van der Waals surface area contributed by atoms with Crippen LogP contribution in [0.2, 0.25) is 0 Å². The Kier molecular flexibility index (Phi) is 3.04. The number of rotatable bonds is 3. The van der Waals surface area contributed by atoms with Gasteiger partial charge in [0, 0.05) is 36.6 Å². The van der Waals surface area contributed by atoms with Crippen molar-refractivity contribution in [3.8, 4) is 0 Å². The molecule has 0 bridgehead atoms. The normalized spacial score (nSPS) is 32.9. The lowest BCUT2D eigenvalue weighted by molar-refractivity contribution is 0.123. The highest BCUT2D eigenvalue weighted by molar-refractivity contribution is 7.15. The number of aliphatic hydroxyl groups is 1. The molecule has 1 aliphatic heterocycles. The van der Waals surface area contributed by atoms with Gasteiger partial charge in [-0.05, 0) is 18.8 Å². The van der Waals surface area contributed by atoms with Gasteiger partial charge in [-0.25, -0.2) is 10.8 Å². The molecule has 0 spiro atoms. The van der Waals surface area contributed by atoms with Crippen LogP contribution in [0.3, 0.4) is 0 Å². The largest absolute Gasteiger partial charge is 0.393 e. The number of hydrazine groups is 1. The lowest BCUT2D eigenvalue weighted by Gasteiger charge is -2.16. The number of aliphatic hydroxyl groups excluding tert-OH is 1. The number of hydrogen-bond donors (Lipinski definition) is 3. The number of aromatic nitrogens is 1. The van der Waals surface area contributed by atoms with Crippen molar-refractivity contribution in [2.24, 2.45) is 17.7 Å². The highest BCUT2D eigenvalue weighted by Gasteiger charge is 2.41. The Morgan fingerprint density at radius 2 is 2.41 bits per heavy atom. The third-order valence-corrected chi connectivity index (χ3v) is 4.86. The predicted molar refractivity (Wildman–Crippen MR) is 67.4 cm³/mol. The van der Waals surface area contributed by atoms with E-state index in [2.05, 4.69) is 15.3 Å². The molecule has 5 nitrogen and oxygen atoms in total. The maximum absolute atomic E-state index is 9.86. The number of thiazole rings is 1. The molecule has 1 aliphatic carbocycles. The topological polar surface area (TPSA) is 74.4 Å². The van der Waals surface area contributed by atoms with E-state index in [4.69, 9.17) is 5.84 Å². The highest BCUT2D eigenvalue weighted by Crippen LogP contribution is 2.38. The molecule has 1 saturated carbocycles.